The first-order chi connectivity index (χ1) is 16.4. The molecule has 0 aliphatic rings. The summed E-state index contributed by atoms with van der Waals surface area (Å²) < 4.78 is 0. The summed E-state index contributed by atoms with van der Waals surface area (Å²) in [6.45, 7) is 6.63. The Morgan fingerprint density at radius 3 is 1.97 bits per heavy atom. The lowest BCUT2D eigenvalue weighted by Crippen LogP contribution is -2.59. The Morgan fingerprint density at radius 2 is 1.49 bits per heavy atom. The van der Waals surface area contributed by atoms with Crippen LogP contribution < -0.4 is 21.7 Å². The lowest BCUT2D eigenvalue weighted by Gasteiger charge is -2.28. The van der Waals surface area contributed by atoms with Crippen LogP contribution in [0.4, 0.5) is 0 Å². The number of carbonyl (C=O) groups is 4. The van der Waals surface area contributed by atoms with Gasteiger partial charge in [-0.2, -0.15) is 0 Å². The van der Waals surface area contributed by atoms with Gasteiger partial charge in [-0.1, -0.05) is 46.2 Å². The van der Waals surface area contributed by atoms with Gasteiger partial charge in [0, 0.05) is 6.42 Å². The number of rotatable bonds is 14. The summed E-state index contributed by atoms with van der Waals surface area (Å²) >= 11 is 0. The molecular formula is C24H38N4O7. The Labute approximate surface area is 205 Å². The van der Waals surface area contributed by atoms with Crippen molar-refractivity contribution >= 4 is 23.7 Å². The summed E-state index contributed by atoms with van der Waals surface area (Å²) in [6.07, 6.45) is 0.765. The smallest absolute Gasteiger partial charge is 0.326 e. The van der Waals surface area contributed by atoms with Crippen molar-refractivity contribution in [1.82, 2.24) is 16.0 Å². The fraction of sp³-hybridized carbons (Fsp3) is 0.583. The normalized spacial score (nSPS) is 15.4. The molecule has 0 spiro atoms. The van der Waals surface area contributed by atoms with Gasteiger partial charge in [-0.3, -0.25) is 14.4 Å². The van der Waals surface area contributed by atoms with Crippen LogP contribution >= 0.6 is 0 Å². The van der Waals surface area contributed by atoms with Gasteiger partial charge in [-0.25, -0.2) is 4.79 Å². The molecule has 35 heavy (non-hydrogen) atoms. The number of aromatic hydroxyl groups is 1. The number of phenols is 1. The van der Waals surface area contributed by atoms with E-state index in [1.807, 2.05) is 20.8 Å². The van der Waals surface area contributed by atoms with Crippen LogP contribution in [0.25, 0.3) is 0 Å². The molecule has 1 aromatic carbocycles. The van der Waals surface area contributed by atoms with Crippen molar-refractivity contribution < 1.29 is 34.5 Å². The van der Waals surface area contributed by atoms with E-state index in [1.54, 1.807) is 19.1 Å². The van der Waals surface area contributed by atoms with Crippen molar-refractivity contribution in [3.05, 3.63) is 29.8 Å². The van der Waals surface area contributed by atoms with Crippen molar-refractivity contribution in [2.45, 2.75) is 71.1 Å². The minimum atomic E-state index is -1.24. The van der Waals surface area contributed by atoms with Crippen LogP contribution in [0, 0.1) is 11.8 Å². The Balaban J connectivity index is 3.13. The van der Waals surface area contributed by atoms with Gasteiger partial charge in [0.15, 0.2) is 0 Å². The van der Waals surface area contributed by atoms with Crippen LogP contribution in [0.1, 0.15) is 46.1 Å². The van der Waals surface area contributed by atoms with Crippen molar-refractivity contribution in [2.24, 2.45) is 17.6 Å². The number of amides is 3. The average molecular weight is 495 g/mol. The molecule has 0 aromatic heterocycles. The second-order valence-electron chi connectivity index (χ2n) is 9.12. The monoisotopic (exact) mass is 494 g/mol. The number of aliphatic hydroxyl groups excluding tert-OH is 1. The predicted molar refractivity (Wildman–Crippen MR) is 129 cm³/mol. The molecular weight excluding hydrogens is 456 g/mol. The Morgan fingerprint density at radius 1 is 0.914 bits per heavy atom. The van der Waals surface area contributed by atoms with E-state index in [0.717, 1.165) is 0 Å². The zero-order valence-electron chi connectivity index (χ0n) is 20.7. The molecule has 0 heterocycles. The molecule has 8 N–H and O–H groups in total. The molecule has 0 aliphatic heterocycles. The zero-order chi connectivity index (χ0) is 26.7. The van der Waals surface area contributed by atoms with E-state index in [1.165, 1.54) is 12.1 Å². The highest BCUT2D eigenvalue weighted by Gasteiger charge is 2.33. The predicted octanol–water partition coefficient (Wildman–Crippen LogP) is -0.114. The highest BCUT2D eigenvalue weighted by Crippen LogP contribution is 2.14. The molecule has 5 unspecified atom stereocenters. The van der Waals surface area contributed by atoms with Crippen LogP contribution in [0.15, 0.2) is 24.3 Å². The molecule has 0 saturated carbocycles. The quantitative estimate of drug-likeness (QED) is 0.186. The number of hydrogen-bond acceptors (Lipinski definition) is 7. The van der Waals surface area contributed by atoms with Gasteiger partial charge >= 0.3 is 5.97 Å². The average Bonchev–Trinajstić information content (AvgIpc) is 2.81. The third-order valence-electron chi connectivity index (χ3n) is 5.66. The lowest BCUT2D eigenvalue weighted by molar-refractivity contribution is -0.143. The topological polar surface area (TPSA) is 191 Å². The Hall–Kier alpha value is -3.18. The van der Waals surface area contributed by atoms with E-state index in [2.05, 4.69) is 16.0 Å². The summed E-state index contributed by atoms with van der Waals surface area (Å²) in [5.74, 6) is -3.51. The van der Waals surface area contributed by atoms with Crippen LogP contribution in [-0.2, 0) is 25.6 Å². The third kappa shape index (κ3) is 9.91. The summed E-state index contributed by atoms with van der Waals surface area (Å²) in [7, 11) is 0. The fourth-order valence-corrected chi connectivity index (χ4v) is 3.35. The van der Waals surface area contributed by atoms with E-state index in [4.69, 9.17) is 5.73 Å². The van der Waals surface area contributed by atoms with Gasteiger partial charge in [0.1, 0.15) is 29.9 Å². The molecule has 0 fully saturated rings. The highest BCUT2D eigenvalue weighted by atomic mass is 16.4. The highest BCUT2D eigenvalue weighted by molar-refractivity contribution is 5.94. The van der Waals surface area contributed by atoms with Crippen LogP contribution in [-0.4, -0.2) is 69.8 Å². The maximum Gasteiger partial charge on any atom is 0.326 e. The van der Waals surface area contributed by atoms with Crippen molar-refractivity contribution in [2.75, 3.05) is 6.61 Å². The number of nitrogens with one attached hydrogen (secondary N) is 3. The maximum absolute atomic E-state index is 13.2. The number of carboxylic acid groups (broad SMARTS) is 1. The third-order valence-corrected chi connectivity index (χ3v) is 5.66. The zero-order valence-corrected chi connectivity index (χ0v) is 20.7. The number of carboxylic acids is 1. The first-order valence-corrected chi connectivity index (χ1v) is 11.7. The van der Waals surface area contributed by atoms with Gasteiger partial charge in [-0.15, -0.1) is 0 Å². The minimum Gasteiger partial charge on any atom is -0.508 e. The second-order valence-corrected chi connectivity index (χ2v) is 9.12. The number of benzene rings is 1. The fourth-order valence-electron chi connectivity index (χ4n) is 3.35. The summed E-state index contributed by atoms with van der Waals surface area (Å²) in [5.41, 5.74) is 6.19. The molecule has 5 atom stereocenters. The SMILES string of the molecule is CCC(C)C(NC(=O)C(Cc1ccc(O)cc1)NC(=O)C(N)CO)C(=O)NC(CC(C)C)C(=O)O. The van der Waals surface area contributed by atoms with Gasteiger partial charge in [-0.05, 0) is 36.0 Å². The van der Waals surface area contributed by atoms with E-state index in [-0.39, 0.29) is 30.4 Å². The lowest BCUT2D eigenvalue weighted by atomic mass is 9.96. The number of aliphatic hydroxyl groups is 1. The molecule has 1 rings (SSSR count). The minimum absolute atomic E-state index is 0.0219. The van der Waals surface area contributed by atoms with Gasteiger partial charge in [0.2, 0.25) is 17.7 Å². The molecule has 0 bridgehead atoms. The van der Waals surface area contributed by atoms with Crippen LogP contribution in [0.5, 0.6) is 5.75 Å². The largest absolute Gasteiger partial charge is 0.508 e. The molecule has 0 aliphatic carbocycles. The first-order valence-electron chi connectivity index (χ1n) is 11.7. The summed E-state index contributed by atoms with van der Waals surface area (Å²) in [6, 6.07) is 1.48. The Kier molecular flexibility index (Phi) is 12.2. The molecule has 1 aromatic rings. The van der Waals surface area contributed by atoms with E-state index in [9.17, 15) is 34.5 Å². The van der Waals surface area contributed by atoms with E-state index < -0.39 is 54.5 Å². The van der Waals surface area contributed by atoms with Crippen molar-refractivity contribution in [3.8, 4) is 5.75 Å². The summed E-state index contributed by atoms with van der Waals surface area (Å²) in [4.78, 5) is 50.1. The molecule has 11 nitrogen and oxygen atoms in total. The number of carbonyl (C=O) groups excluding carboxylic acids is 3. The second kappa shape index (κ2) is 14.3. The number of aliphatic carboxylic acids is 1. The number of nitrogens with two attached hydrogens (primary N) is 1. The van der Waals surface area contributed by atoms with Crippen LogP contribution in [0.3, 0.4) is 0 Å². The standard InChI is InChI=1S/C24H38N4O7/c1-5-14(4)20(23(33)27-19(24(34)35)10-13(2)3)28-22(32)18(26-21(31)17(25)12-29)11-15-6-8-16(30)9-7-15/h6-9,13-14,17-20,29-30H,5,10-12,25H2,1-4H3,(H,26,31)(H,27,33)(H,28,32)(H,34,35). The van der Waals surface area contributed by atoms with Crippen LogP contribution in [0.2, 0.25) is 0 Å². The number of hydrogen-bond donors (Lipinski definition) is 7. The van der Waals surface area contributed by atoms with E-state index in [0.29, 0.717) is 12.0 Å². The van der Waals surface area contributed by atoms with E-state index >= 15 is 0 Å². The maximum atomic E-state index is 13.2. The molecule has 196 valence electrons. The molecule has 0 radical (unpaired) electrons. The first kappa shape index (κ1) is 29.9. The molecule has 3 amide bonds. The molecule has 0 saturated heterocycles. The van der Waals surface area contributed by atoms with Gasteiger partial charge in [0.05, 0.1) is 6.61 Å². The number of phenolic OH excluding ortho intramolecular Hbond substituents is 1. The van der Waals surface area contributed by atoms with Gasteiger partial charge in [0.25, 0.3) is 0 Å². The van der Waals surface area contributed by atoms with Crippen molar-refractivity contribution in [1.29, 1.82) is 0 Å². The summed E-state index contributed by atoms with van der Waals surface area (Å²) in [5, 5.41) is 35.8. The van der Waals surface area contributed by atoms with Crippen molar-refractivity contribution in [3.63, 3.8) is 0 Å². The Bertz CT molecular complexity index is 860. The molecule has 11 heteroatoms. The van der Waals surface area contributed by atoms with Gasteiger partial charge < -0.3 is 37.0 Å².